The van der Waals surface area contributed by atoms with E-state index in [1.54, 1.807) is 27.8 Å². The highest BCUT2D eigenvalue weighted by Crippen LogP contribution is 2.31. The van der Waals surface area contributed by atoms with Gasteiger partial charge in [-0.1, -0.05) is 13.3 Å². The molecule has 1 fully saturated rings. The van der Waals surface area contributed by atoms with E-state index in [1.165, 1.54) is 0 Å². The van der Waals surface area contributed by atoms with Crippen molar-refractivity contribution in [2.75, 3.05) is 12.8 Å². The molecule has 0 aromatic carbocycles. The van der Waals surface area contributed by atoms with Crippen LogP contribution in [0.15, 0.2) is 0 Å². The van der Waals surface area contributed by atoms with Crippen LogP contribution in [0.3, 0.4) is 0 Å². The van der Waals surface area contributed by atoms with Crippen molar-refractivity contribution >= 4 is 15.8 Å². The Kier molecular flexibility index (Phi) is 6.23. The Morgan fingerprint density at radius 3 is 2.38 bits per heavy atom. The first-order chi connectivity index (χ1) is 9.59. The molecule has 3 atom stereocenters. The minimum absolute atomic E-state index is 0.0692. The van der Waals surface area contributed by atoms with Crippen LogP contribution in [0.1, 0.15) is 53.4 Å². The van der Waals surface area contributed by atoms with Gasteiger partial charge >= 0.3 is 5.97 Å². The van der Waals surface area contributed by atoms with Gasteiger partial charge in [0.15, 0.2) is 9.84 Å². The minimum atomic E-state index is -3.50. The summed E-state index contributed by atoms with van der Waals surface area (Å²) in [6.07, 6.45) is 3.50. The third-order valence-corrected chi connectivity index (χ3v) is 6.13. The van der Waals surface area contributed by atoms with E-state index < -0.39 is 32.4 Å². The van der Waals surface area contributed by atoms with Crippen molar-refractivity contribution in [1.29, 1.82) is 0 Å². The average molecular weight is 319 g/mol. The van der Waals surface area contributed by atoms with Crippen molar-refractivity contribution in [3.63, 3.8) is 0 Å². The number of nitrogens with one attached hydrogen (secondary N) is 1. The van der Waals surface area contributed by atoms with E-state index in [0.29, 0.717) is 12.3 Å². The molecule has 0 saturated heterocycles. The summed E-state index contributed by atoms with van der Waals surface area (Å²) in [6.45, 7) is 7.30. The molecule has 3 unspecified atom stereocenters. The number of hydrogen-bond acceptors (Lipinski definition) is 5. The molecule has 0 bridgehead atoms. The Hall–Kier alpha value is -0.620. The van der Waals surface area contributed by atoms with Crippen molar-refractivity contribution in [2.24, 2.45) is 5.92 Å². The van der Waals surface area contributed by atoms with Crippen LogP contribution in [0.25, 0.3) is 0 Å². The maximum atomic E-state index is 12.6. The molecule has 1 saturated carbocycles. The molecule has 1 rings (SSSR count). The lowest BCUT2D eigenvalue weighted by atomic mass is 9.84. The van der Waals surface area contributed by atoms with E-state index in [-0.39, 0.29) is 6.04 Å². The van der Waals surface area contributed by atoms with Crippen LogP contribution in [0.2, 0.25) is 0 Å². The second-order valence-electron chi connectivity index (χ2n) is 6.91. The number of rotatable bonds is 5. The Bertz CT molecular complexity index is 453. The lowest BCUT2D eigenvalue weighted by molar-refractivity contribution is -0.151. The molecule has 5 nitrogen and oxygen atoms in total. The molecule has 1 aliphatic carbocycles. The number of carbonyl (C=O) groups is 1. The van der Waals surface area contributed by atoms with E-state index in [9.17, 15) is 13.2 Å². The van der Waals surface area contributed by atoms with Gasteiger partial charge in [0.2, 0.25) is 0 Å². The standard InChI is InChI=1S/C15H29NO4S/c1-6-11-7-8-12(16-5)13(9-11)21(18,19)10-14(17)20-15(2,3)4/h11-13,16H,6-10H2,1-5H3. The van der Waals surface area contributed by atoms with Crippen molar-refractivity contribution in [3.05, 3.63) is 0 Å². The van der Waals surface area contributed by atoms with Crippen molar-refractivity contribution in [3.8, 4) is 0 Å². The normalized spacial score (nSPS) is 27.4. The fraction of sp³-hybridized carbons (Fsp3) is 0.933. The van der Waals surface area contributed by atoms with Gasteiger partial charge in [-0.05, 0) is 53.0 Å². The first kappa shape index (κ1) is 18.4. The SMILES string of the molecule is CCC1CCC(NC)C(S(=O)(=O)CC(=O)OC(C)(C)C)C1. The number of ether oxygens (including phenoxy) is 1. The van der Waals surface area contributed by atoms with Crippen LogP contribution in [0, 0.1) is 5.92 Å². The fourth-order valence-electron chi connectivity index (χ4n) is 2.95. The molecule has 21 heavy (non-hydrogen) atoms. The van der Waals surface area contributed by atoms with Gasteiger partial charge in [-0.3, -0.25) is 4.79 Å². The number of hydrogen-bond donors (Lipinski definition) is 1. The van der Waals surface area contributed by atoms with Gasteiger partial charge in [-0.15, -0.1) is 0 Å². The van der Waals surface area contributed by atoms with E-state index in [1.807, 2.05) is 0 Å². The highest BCUT2D eigenvalue weighted by atomic mass is 32.2. The number of esters is 1. The molecule has 0 aliphatic heterocycles. The maximum Gasteiger partial charge on any atom is 0.321 e. The molecule has 0 amide bonds. The van der Waals surface area contributed by atoms with Crippen LogP contribution in [0.5, 0.6) is 0 Å². The molecule has 0 spiro atoms. The number of sulfone groups is 1. The molecule has 1 aliphatic rings. The van der Waals surface area contributed by atoms with Crippen molar-refractivity contribution < 1.29 is 17.9 Å². The maximum absolute atomic E-state index is 12.6. The highest BCUT2D eigenvalue weighted by Gasteiger charge is 2.39. The smallest absolute Gasteiger partial charge is 0.321 e. The summed E-state index contributed by atoms with van der Waals surface area (Å²) in [7, 11) is -1.71. The third kappa shape index (κ3) is 5.58. The topological polar surface area (TPSA) is 72.5 Å². The van der Waals surface area contributed by atoms with Crippen LogP contribution in [0.4, 0.5) is 0 Å². The van der Waals surface area contributed by atoms with Gasteiger partial charge in [0.25, 0.3) is 0 Å². The molecular formula is C15H29NO4S. The zero-order chi connectivity index (χ0) is 16.3. The predicted octanol–water partition coefficient (Wildman–Crippen LogP) is 1.91. The molecule has 0 aromatic heterocycles. The summed E-state index contributed by atoms with van der Waals surface area (Å²) in [5.74, 6) is -0.757. The van der Waals surface area contributed by atoms with Crippen LogP contribution in [-0.4, -0.2) is 44.1 Å². The quantitative estimate of drug-likeness (QED) is 0.784. The molecule has 0 heterocycles. The number of carbonyl (C=O) groups excluding carboxylic acids is 1. The molecular weight excluding hydrogens is 290 g/mol. The van der Waals surface area contributed by atoms with Gasteiger partial charge in [-0.2, -0.15) is 0 Å². The highest BCUT2D eigenvalue weighted by molar-refractivity contribution is 7.92. The second-order valence-corrected chi connectivity index (χ2v) is 9.13. The Labute approximate surface area is 128 Å². The summed E-state index contributed by atoms with van der Waals surface area (Å²) in [5, 5.41) is 2.60. The van der Waals surface area contributed by atoms with E-state index >= 15 is 0 Å². The van der Waals surface area contributed by atoms with Crippen molar-refractivity contribution in [1.82, 2.24) is 5.32 Å². The second kappa shape index (κ2) is 7.09. The summed E-state index contributed by atoms with van der Waals surface area (Å²) < 4.78 is 30.3. The zero-order valence-corrected chi connectivity index (χ0v) is 14.6. The van der Waals surface area contributed by atoms with Gasteiger partial charge in [0, 0.05) is 6.04 Å². The summed E-state index contributed by atoms with van der Waals surface area (Å²) in [4.78, 5) is 11.8. The van der Waals surface area contributed by atoms with Gasteiger partial charge in [0.1, 0.15) is 11.4 Å². The molecule has 1 N–H and O–H groups in total. The third-order valence-electron chi connectivity index (χ3n) is 4.05. The van der Waals surface area contributed by atoms with Gasteiger partial charge < -0.3 is 10.1 Å². The fourth-order valence-corrected chi connectivity index (χ4v) is 4.89. The van der Waals surface area contributed by atoms with Crippen molar-refractivity contribution in [2.45, 2.75) is 70.3 Å². The minimum Gasteiger partial charge on any atom is -0.459 e. The van der Waals surface area contributed by atoms with Crippen LogP contribution in [-0.2, 0) is 19.4 Å². The lowest BCUT2D eigenvalue weighted by Gasteiger charge is -2.35. The van der Waals surface area contributed by atoms with E-state index in [2.05, 4.69) is 12.2 Å². The summed E-state index contributed by atoms with van der Waals surface area (Å²) in [5.41, 5.74) is -0.659. The average Bonchev–Trinajstić information content (AvgIpc) is 2.34. The van der Waals surface area contributed by atoms with E-state index in [4.69, 9.17) is 4.74 Å². The first-order valence-corrected chi connectivity index (χ1v) is 9.41. The molecule has 0 aromatic rings. The van der Waals surface area contributed by atoms with E-state index in [0.717, 1.165) is 19.3 Å². The largest absolute Gasteiger partial charge is 0.459 e. The lowest BCUT2D eigenvalue weighted by Crippen LogP contribution is -2.48. The molecule has 124 valence electrons. The van der Waals surface area contributed by atoms with Crippen LogP contribution >= 0.6 is 0 Å². The molecule has 6 heteroatoms. The summed E-state index contributed by atoms with van der Waals surface area (Å²) >= 11 is 0. The van der Waals surface area contributed by atoms with Crippen LogP contribution < -0.4 is 5.32 Å². The van der Waals surface area contributed by atoms with Gasteiger partial charge in [0.05, 0.1) is 5.25 Å². The summed E-state index contributed by atoms with van der Waals surface area (Å²) in [6, 6.07) is -0.0692. The Morgan fingerprint density at radius 2 is 1.90 bits per heavy atom. The monoisotopic (exact) mass is 319 g/mol. The van der Waals surface area contributed by atoms with Gasteiger partial charge in [-0.25, -0.2) is 8.42 Å². The first-order valence-electron chi connectivity index (χ1n) is 7.69. The Morgan fingerprint density at radius 1 is 1.29 bits per heavy atom. The Balaban J connectivity index is 2.81. The zero-order valence-electron chi connectivity index (χ0n) is 13.8. The predicted molar refractivity (Wildman–Crippen MR) is 83.9 cm³/mol. The molecule has 0 radical (unpaired) electrons.